The molecular formula is C13H15N5O. The molecule has 0 aliphatic rings. The molecule has 2 rings (SSSR count). The van der Waals surface area contributed by atoms with Gasteiger partial charge in [0.25, 0.3) is 0 Å². The van der Waals surface area contributed by atoms with Crippen molar-refractivity contribution in [3.63, 3.8) is 0 Å². The zero-order valence-corrected chi connectivity index (χ0v) is 10.4. The molecule has 1 unspecified atom stereocenters. The van der Waals surface area contributed by atoms with Crippen LogP contribution in [0.1, 0.15) is 18.2 Å². The number of nitrogens with one attached hydrogen (secondary N) is 1. The minimum absolute atomic E-state index is 0.110. The summed E-state index contributed by atoms with van der Waals surface area (Å²) in [6.07, 6.45) is 2.34. The number of nitrogens with zero attached hydrogens (tertiary/aromatic N) is 4. The molecule has 1 heterocycles. The van der Waals surface area contributed by atoms with Gasteiger partial charge in [-0.3, -0.25) is 4.68 Å². The summed E-state index contributed by atoms with van der Waals surface area (Å²) in [7, 11) is 0. The molecule has 0 saturated heterocycles. The summed E-state index contributed by atoms with van der Waals surface area (Å²) in [5, 5.41) is 29.0. The SMILES string of the molecule is N#CC(Nc1ccccc1)c1cn(CCCO)nn1. The summed E-state index contributed by atoms with van der Waals surface area (Å²) in [5.74, 6) is 0. The van der Waals surface area contributed by atoms with Crippen LogP contribution in [0.5, 0.6) is 0 Å². The van der Waals surface area contributed by atoms with Gasteiger partial charge in [0.1, 0.15) is 5.69 Å². The highest BCUT2D eigenvalue weighted by Crippen LogP contribution is 2.16. The second kappa shape index (κ2) is 6.52. The van der Waals surface area contributed by atoms with Crippen LogP contribution in [-0.4, -0.2) is 26.7 Å². The van der Waals surface area contributed by atoms with Gasteiger partial charge in [-0.1, -0.05) is 23.4 Å². The standard InChI is InChI=1S/C13H15N5O/c14-9-12(15-11-5-2-1-3-6-11)13-10-18(17-16-13)7-4-8-19/h1-3,5-6,10,12,15,19H,4,7-8H2. The molecule has 0 fully saturated rings. The quantitative estimate of drug-likeness (QED) is 0.815. The number of aliphatic hydroxyl groups is 1. The van der Waals surface area contributed by atoms with Gasteiger partial charge in [0.15, 0.2) is 6.04 Å². The summed E-state index contributed by atoms with van der Waals surface area (Å²) < 4.78 is 1.63. The van der Waals surface area contributed by atoms with E-state index < -0.39 is 6.04 Å². The van der Waals surface area contributed by atoms with Gasteiger partial charge in [0.2, 0.25) is 0 Å². The molecule has 98 valence electrons. The topological polar surface area (TPSA) is 86.8 Å². The van der Waals surface area contributed by atoms with Crippen LogP contribution in [0.2, 0.25) is 0 Å². The first-order valence-corrected chi connectivity index (χ1v) is 6.05. The number of hydrogen-bond acceptors (Lipinski definition) is 5. The van der Waals surface area contributed by atoms with Crippen molar-refractivity contribution in [3.05, 3.63) is 42.2 Å². The van der Waals surface area contributed by atoms with Crippen molar-refractivity contribution in [2.45, 2.75) is 19.0 Å². The Morgan fingerprint density at radius 1 is 1.37 bits per heavy atom. The van der Waals surface area contributed by atoms with E-state index in [-0.39, 0.29) is 6.61 Å². The van der Waals surface area contributed by atoms with E-state index in [0.29, 0.717) is 18.7 Å². The summed E-state index contributed by atoms with van der Waals surface area (Å²) in [6, 6.07) is 11.1. The molecule has 1 aromatic heterocycles. The lowest BCUT2D eigenvalue weighted by Gasteiger charge is -2.09. The monoisotopic (exact) mass is 257 g/mol. The molecule has 2 N–H and O–H groups in total. The predicted octanol–water partition coefficient (Wildman–Crippen LogP) is 1.34. The van der Waals surface area contributed by atoms with E-state index in [9.17, 15) is 5.26 Å². The largest absolute Gasteiger partial charge is 0.396 e. The minimum Gasteiger partial charge on any atom is -0.396 e. The lowest BCUT2D eigenvalue weighted by molar-refractivity contribution is 0.276. The summed E-state index contributed by atoms with van der Waals surface area (Å²) in [6.45, 7) is 0.701. The molecule has 0 amide bonds. The third kappa shape index (κ3) is 3.53. The van der Waals surface area contributed by atoms with Gasteiger partial charge >= 0.3 is 0 Å². The van der Waals surface area contributed by atoms with Crippen LogP contribution < -0.4 is 5.32 Å². The second-order valence-corrected chi connectivity index (χ2v) is 4.06. The number of rotatable bonds is 6. The van der Waals surface area contributed by atoms with Gasteiger partial charge < -0.3 is 10.4 Å². The number of aryl methyl sites for hydroxylation is 1. The van der Waals surface area contributed by atoms with E-state index in [0.717, 1.165) is 5.69 Å². The Hall–Kier alpha value is -2.39. The molecule has 0 saturated carbocycles. The summed E-state index contributed by atoms with van der Waals surface area (Å²) in [5.41, 5.74) is 1.43. The Morgan fingerprint density at radius 2 is 2.16 bits per heavy atom. The van der Waals surface area contributed by atoms with Crippen molar-refractivity contribution in [2.24, 2.45) is 0 Å². The van der Waals surface area contributed by atoms with Crippen molar-refractivity contribution in [1.29, 1.82) is 5.26 Å². The molecule has 1 aromatic carbocycles. The molecule has 6 heteroatoms. The summed E-state index contributed by atoms with van der Waals surface area (Å²) >= 11 is 0. The average molecular weight is 257 g/mol. The normalized spacial score (nSPS) is 11.8. The molecule has 6 nitrogen and oxygen atoms in total. The van der Waals surface area contributed by atoms with E-state index in [1.165, 1.54) is 0 Å². The van der Waals surface area contributed by atoms with E-state index in [1.54, 1.807) is 10.9 Å². The zero-order valence-electron chi connectivity index (χ0n) is 10.4. The number of aliphatic hydroxyl groups excluding tert-OH is 1. The first-order chi connectivity index (χ1) is 9.33. The fraction of sp³-hybridized carbons (Fsp3) is 0.308. The molecule has 19 heavy (non-hydrogen) atoms. The van der Waals surface area contributed by atoms with Crippen LogP contribution in [0.15, 0.2) is 36.5 Å². The van der Waals surface area contributed by atoms with Crippen molar-refractivity contribution in [1.82, 2.24) is 15.0 Å². The second-order valence-electron chi connectivity index (χ2n) is 4.06. The average Bonchev–Trinajstić information content (AvgIpc) is 2.92. The lowest BCUT2D eigenvalue weighted by atomic mass is 10.2. The van der Waals surface area contributed by atoms with Gasteiger partial charge in [-0.05, 0) is 18.6 Å². The highest BCUT2D eigenvalue weighted by molar-refractivity contribution is 5.45. The molecule has 0 bridgehead atoms. The van der Waals surface area contributed by atoms with E-state index in [4.69, 9.17) is 5.11 Å². The number of hydrogen-bond donors (Lipinski definition) is 2. The number of anilines is 1. The Balaban J connectivity index is 2.05. The van der Waals surface area contributed by atoms with Gasteiger partial charge in [0.05, 0.1) is 12.3 Å². The maximum Gasteiger partial charge on any atom is 0.160 e. The lowest BCUT2D eigenvalue weighted by Crippen LogP contribution is -2.08. The summed E-state index contributed by atoms with van der Waals surface area (Å²) in [4.78, 5) is 0. The number of benzene rings is 1. The predicted molar refractivity (Wildman–Crippen MR) is 70.1 cm³/mol. The van der Waals surface area contributed by atoms with Gasteiger partial charge in [-0.15, -0.1) is 5.10 Å². The van der Waals surface area contributed by atoms with Gasteiger partial charge in [-0.25, -0.2) is 0 Å². The Bertz CT molecular complexity index is 546. The van der Waals surface area contributed by atoms with Crippen LogP contribution in [-0.2, 0) is 6.54 Å². The zero-order chi connectivity index (χ0) is 13.5. The van der Waals surface area contributed by atoms with Crippen molar-refractivity contribution in [2.75, 3.05) is 11.9 Å². The van der Waals surface area contributed by atoms with Crippen LogP contribution in [0, 0.1) is 11.3 Å². The minimum atomic E-state index is -0.537. The third-order valence-corrected chi connectivity index (χ3v) is 2.61. The van der Waals surface area contributed by atoms with Crippen LogP contribution in [0.4, 0.5) is 5.69 Å². The Labute approximate surface area is 111 Å². The van der Waals surface area contributed by atoms with Crippen LogP contribution >= 0.6 is 0 Å². The fourth-order valence-corrected chi connectivity index (χ4v) is 1.66. The van der Waals surface area contributed by atoms with E-state index >= 15 is 0 Å². The molecule has 0 radical (unpaired) electrons. The maximum absolute atomic E-state index is 9.20. The number of aromatic nitrogens is 3. The molecular weight excluding hydrogens is 242 g/mol. The Kier molecular flexibility index (Phi) is 4.48. The first kappa shape index (κ1) is 13.1. The maximum atomic E-state index is 9.20. The van der Waals surface area contributed by atoms with Gasteiger partial charge in [-0.2, -0.15) is 5.26 Å². The third-order valence-electron chi connectivity index (χ3n) is 2.61. The number of nitriles is 1. The molecule has 2 aromatic rings. The van der Waals surface area contributed by atoms with Crippen molar-refractivity contribution >= 4 is 5.69 Å². The molecule has 0 aliphatic heterocycles. The molecule has 0 spiro atoms. The van der Waals surface area contributed by atoms with Gasteiger partial charge in [0, 0.05) is 18.8 Å². The molecule has 1 atom stereocenters. The van der Waals surface area contributed by atoms with E-state index in [1.807, 2.05) is 30.3 Å². The highest BCUT2D eigenvalue weighted by Gasteiger charge is 2.14. The fourth-order valence-electron chi connectivity index (χ4n) is 1.66. The number of para-hydroxylation sites is 1. The first-order valence-electron chi connectivity index (χ1n) is 6.05. The Morgan fingerprint density at radius 3 is 2.84 bits per heavy atom. The van der Waals surface area contributed by atoms with Crippen LogP contribution in [0.3, 0.4) is 0 Å². The van der Waals surface area contributed by atoms with Crippen molar-refractivity contribution < 1.29 is 5.11 Å². The smallest absolute Gasteiger partial charge is 0.160 e. The van der Waals surface area contributed by atoms with Crippen LogP contribution in [0.25, 0.3) is 0 Å². The van der Waals surface area contributed by atoms with E-state index in [2.05, 4.69) is 21.7 Å². The van der Waals surface area contributed by atoms with Crippen molar-refractivity contribution in [3.8, 4) is 6.07 Å². The highest BCUT2D eigenvalue weighted by atomic mass is 16.3. The molecule has 0 aliphatic carbocycles.